The molecule has 2 heteroatoms. The molecular weight excluding hydrogens is 520 g/mol. The van der Waals surface area contributed by atoms with Gasteiger partial charge in [-0.2, -0.15) is 5.26 Å². The summed E-state index contributed by atoms with van der Waals surface area (Å²) in [5.74, 6) is 0. The van der Waals surface area contributed by atoms with Gasteiger partial charge in [-0.3, -0.25) is 4.98 Å². The van der Waals surface area contributed by atoms with E-state index in [0.717, 1.165) is 11.3 Å². The summed E-state index contributed by atoms with van der Waals surface area (Å²) in [6.07, 6.45) is 1.73. The second-order valence-electron chi connectivity index (χ2n) is 11.4. The smallest absolute Gasteiger partial charge is 0.0992 e. The number of nitriles is 1. The van der Waals surface area contributed by atoms with Crippen molar-refractivity contribution in [2.24, 2.45) is 0 Å². The molecule has 198 valence electrons. The van der Waals surface area contributed by atoms with Crippen molar-refractivity contribution < 1.29 is 0 Å². The zero-order chi connectivity index (χ0) is 28.5. The molecule has 0 fully saturated rings. The van der Waals surface area contributed by atoms with Crippen LogP contribution in [0.15, 0.2) is 146 Å². The van der Waals surface area contributed by atoms with Crippen molar-refractivity contribution in [1.29, 1.82) is 5.26 Å². The summed E-state index contributed by atoms with van der Waals surface area (Å²) in [5, 5.41) is 12.1. The Morgan fingerprint density at radius 2 is 1.16 bits per heavy atom. The van der Waals surface area contributed by atoms with Crippen LogP contribution in [0.25, 0.3) is 55.4 Å². The van der Waals surface area contributed by atoms with Gasteiger partial charge in [0.1, 0.15) is 0 Å². The monoisotopic (exact) mass is 544 g/mol. The van der Waals surface area contributed by atoms with Crippen molar-refractivity contribution in [2.75, 3.05) is 0 Å². The molecule has 2 nitrogen and oxygen atoms in total. The number of benzene rings is 6. The van der Waals surface area contributed by atoms with Gasteiger partial charge >= 0.3 is 0 Å². The van der Waals surface area contributed by atoms with E-state index in [4.69, 9.17) is 0 Å². The van der Waals surface area contributed by atoms with Crippen LogP contribution in [-0.4, -0.2) is 4.98 Å². The van der Waals surface area contributed by atoms with Gasteiger partial charge in [0.25, 0.3) is 0 Å². The SMILES string of the molecule is N#Cc1ccnc(-c2ccc3c(c2)C2(c4ccccc4-c4ccccc42)c2cc(-c4ccccc4)c4ccccc4c2-3)c1. The minimum absolute atomic E-state index is 0.492. The Morgan fingerprint density at radius 1 is 0.488 bits per heavy atom. The molecule has 1 spiro atoms. The van der Waals surface area contributed by atoms with Crippen molar-refractivity contribution >= 4 is 10.8 Å². The fraction of sp³-hybridized carbons (Fsp3) is 0.0244. The molecule has 43 heavy (non-hydrogen) atoms. The lowest BCUT2D eigenvalue weighted by atomic mass is 9.69. The van der Waals surface area contributed by atoms with Gasteiger partial charge in [0.15, 0.2) is 0 Å². The van der Waals surface area contributed by atoms with E-state index in [0.29, 0.717) is 5.56 Å². The molecular formula is C41H24N2. The molecule has 0 aliphatic heterocycles. The number of rotatable bonds is 2. The topological polar surface area (TPSA) is 36.7 Å². The summed E-state index contributed by atoms with van der Waals surface area (Å²) in [7, 11) is 0. The lowest BCUT2D eigenvalue weighted by Crippen LogP contribution is -2.26. The van der Waals surface area contributed by atoms with Crippen molar-refractivity contribution in [3.05, 3.63) is 174 Å². The Kier molecular flexibility index (Phi) is 4.92. The summed E-state index contributed by atoms with van der Waals surface area (Å²) in [6, 6.07) is 52.5. The Morgan fingerprint density at radius 3 is 1.91 bits per heavy atom. The maximum absolute atomic E-state index is 9.61. The van der Waals surface area contributed by atoms with E-state index in [1.165, 1.54) is 66.4 Å². The van der Waals surface area contributed by atoms with Gasteiger partial charge in [0.2, 0.25) is 0 Å². The van der Waals surface area contributed by atoms with Crippen molar-refractivity contribution in [3.8, 4) is 50.7 Å². The van der Waals surface area contributed by atoms with Crippen LogP contribution in [-0.2, 0) is 5.41 Å². The second-order valence-corrected chi connectivity index (χ2v) is 11.4. The molecule has 1 aromatic heterocycles. The minimum Gasteiger partial charge on any atom is -0.256 e. The first-order chi connectivity index (χ1) is 21.3. The minimum atomic E-state index is -0.492. The zero-order valence-electron chi connectivity index (χ0n) is 23.3. The molecule has 6 aromatic carbocycles. The first kappa shape index (κ1) is 23.9. The molecule has 0 saturated heterocycles. The third-order valence-corrected chi connectivity index (χ3v) is 9.36. The van der Waals surface area contributed by atoms with Crippen molar-refractivity contribution in [1.82, 2.24) is 4.98 Å². The Hall–Kier alpha value is -5.78. The van der Waals surface area contributed by atoms with Crippen LogP contribution in [0.4, 0.5) is 0 Å². The number of pyridine rings is 1. The van der Waals surface area contributed by atoms with Crippen LogP contribution in [0.5, 0.6) is 0 Å². The molecule has 1 heterocycles. The van der Waals surface area contributed by atoms with E-state index in [-0.39, 0.29) is 0 Å². The summed E-state index contributed by atoms with van der Waals surface area (Å²) in [6.45, 7) is 0. The van der Waals surface area contributed by atoms with Gasteiger partial charge in [0.05, 0.1) is 22.7 Å². The Balaban J connectivity index is 1.46. The fourth-order valence-electron chi connectivity index (χ4n) is 7.67. The number of nitrogens with zero attached hydrogens (tertiary/aromatic N) is 2. The highest BCUT2D eigenvalue weighted by Crippen LogP contribution is 2.64. The van der Waals surface area contributed by atoms with Crippen LogP contribution in [0.1, 0.15) is 27.8 Å². The summed E-state index contributed by atoms with van der Waals surface area (Å²) < 4.78 is 0. The fourth-order valence-corrected chi connectivity index (χ4v) is 7.67. The molecule has 0 saturated carbocycles. The van der Waals surface area contributed by atoms with Crippen LogP contribution in [0.3, 0.4) is 0 Å². The van der Waals surface area contributed by atoms with Crippen LogP contribution >= 0.6 is 0 Å². The Labute approximate surface area is 250 Å². The lowest BCUT2D eigenvalue weighted by molar-refractivity contribution is 0.795. The molecule has 2 aliphatic carbocycles. The van der Waals surface area contributed by atoms with Crippen LogP contribution in [0.2, 0.25) is 0 Å². The summed E-state index contributed by atoms with van der Waals surface area (Å²) in [5.41, 5.74) is 14.7. The highest BCUT2D eigenvalue weighted by molar-refractivity contribution is 6.11. The van der Waals surface area contributed by atoms with Gasteiger partial charge in [-0.1, -0.05) is 115 Å². The average Bonchev–Trinajstić information content (AvgIpc) is 3.55. The molecule has 9 rings (SSSR count). The molecule has 0 unspecified atom stereocenters. The second kappa shape index (κ2) is 8.86. The molecule has 0 N–H and O–H groups in total. The van der Waals surface area contributed by atoms with Crippen molar-refractivity contribution in [3.63, 3.8) is 0 Å². The van der Waals surface area contributed by atoms with Gasteiger partial charge in [0, 0.05) is 11.8 Å². The molecule has 0 atom stereocenters. The zero-order valence-corrected chi connectivity index (χ0v) is 23.3. The summed E-state index contributed by atoms with van der Waals surface area (Å²) >= 11 is 0. The molecule has 0 amide bonds. The van der Waals surface area contributed by atoms with E-state index in [2.05, 4.69) is 138 Å². The highest BCUT2D eigenvalue weighted by Gasteiger charge is 2.52. The summed E-state index contributed by atoms with van der Waals surface area (Å²) in [4.78, 5) is 4.69. The predicted molar refractivity (Wildman–Crippen MR) is 174 cm³/mol. The third-order valence-electron chi connectivity index (χ3n) is 9.36. The van der Waals surface area contributed by atoms with Crippen LogP contribution in [0, 0.1) is 11.3 Å². The van der Waals surface area contributed by atoms with E-state index in [1.54, 1.807) is 12.3 Å². The highest BCUT2D eigenvalue weighted by atomic mass is 14.7. The maximum Gasteiger partial charge on any atom is 0.0992 e. The molecule has 2 aliphatic rings. The third kappa shape index (κ3) is 3.14. The standard InChI is InChI=1S/C41H24N2/c42-25-26-20-21-43-39(22-26)28-18-19-33-37(23-28)41(35-16-8-6-13-30(35)31-14-7-9-17-36(31)41)38-24-34(27-10-2-1-3-11-27)29-12-4-5-15-32(29)40(33)38/h1-24H. The number of hydrogen-bond donors (Lipinski definition) is 0. The Bertz CT molecular complexity index is 2260. The van der Waals surface area contributed by atoms with Gasteiger partial charge in [-0.05, 0) is 90.7 Å². The predicted octanol–water partition coefficient (Wildman–Crippen LogP) is 9.78. The average molecular weight is 545 g/mol. The molecule has 7 aromatic rings. The maximum atomic E-state index is 9.61. The van der Waals surface area contributed by atoms with Gasteiger partial charge in [-0.25, -0.2) is 0 Å². The normalized spacial score (nSPS) is 13.3. The van der Waals surface area contributed by atoms with E-state index >= 15 is 0 Å². The van der Waals surface area contributed by atoms with Crippen molar-refractivity contribution in [2.45, 2.75) is 5.41 Å². The van der Waals surface area contributed by atoms with E-state index in [1.807, 2.05) is 6.07 Å². The quantitative estimate of drug-likeness (QED) is 0.217. The van der Waals surface area contributed by atoms with Gasteiger partial charge < -0.3 is 0 Å². The molecule has 0 radical (unpaired) electrons. The first-order valence-electron chi connectivity index (χ1n) is 14.6. The van der Waals surface area contributed by atoms with E-state index < -0.39 is 5.41 Å². The number of hydrogen-bond acceptors (Lipinski definition) is 2. The number of fused-ring (bicyclic) bond motifs is 12. The van der Waals surface area contributed by atoms with Crippen LogP contribution < -0.4 is 0 Å². The lowest BCUT2D eigenvalue weighted by Gasteiger charge is -2.31. The number of aromatic nitrogens is 1. The van der Waals surface area contributed by atoms with E-state index in [9.17, 15) is 5.26 Å². The largest absolute Gasteiger partial charge is 0.256 e. The van der Waals surface area contributed by atoms with Gasteiger partial charge in [-0.15, -0.1) is 0 Å². The molecule has 0 bridgehead atoms. The first-order valence-corrected chi connectivity index (χ1v) is 14.6.